The second-order valence-electron chi connectivity index (χ2n) is 5.23. The van der Waals surface area contributed by atoms with Gasteiger partial charge in [-0.25, -0.2) is 0 Å². The molecule has 2 aromatic rings. The van der Waals surface area contributed by atoms with Crippen LogP contribution in [-0.4, -0.2) is 4.98 Å². The smallest absolute Gasteiger partial charge is 0.0786 e. The average Bonchev–Trinajstić information content (AvgIpc) is 3.01. The summed E-state index contributed by atoms with van der Waals surface area (Å²) in [5.74, 6) is 0. The van der Waals surface area contributed by atoms with Crippen molar-refractivity contribution in [1.82, 2.24) is 4.98 Å². The third-order valence-electron chi connectivity index (χ3n) is 3.98. The number of fused-ring (bicyclic) bond motifs is 5. The molecule has 17 heavy (non-hydrogen) atoms. The van der Waals surface area contributed by atoms with Gasteiger partial charge in [-0.1, -0.05) is 30.4 Å². The van der Waals surface area contributed by atoms with E-state index in [0.717, 1.165) is 5.52 Å². The van der Waals surface area contributed by atoms with E-state index in [2.05, 4.69) is 55.3 Å². The highest BCUT2D eigenvalue weighted by Gasteiger charge is 2.41. The van der Waals surface area contributed by atoms with Gasteiger partial charge in [0, 0.05) is 22.6 Å². The van der Waals surface area contributed by atoms with E-state index in [9.17, 15) is 0 Å². The highest BCUT2D eigenvalue weighted by molar-refractivity contribution is 6.05. The number of aryl methyl sites for hydroxylation is 1. The lowest BCUT2D eigenvalue weighted by molar-refractivity contribution is 0.851. The summed E-state index contributed by atoms with van der Waals surface area (Å²) in [5, 5.41) is 1.27. The van der Waals surface area contributed by atoms with Gasteiger partial charge in [-0.05, 0) is 36.6 Å². The van der Waals surface area contributed by atoms with Crippen molar-refractivity contribution in [3.8, 4) is 0 Å². The molecular weight excluding hydrogens is 206 g/mol. The zero-order valence-electron chi connectivity index (χ0n) is 9.99. The summed E-state index contributed by atoms with van der Waals surface area (Å²) >= 11 is 0. The van der Waals surface area contributed by atoms with Gasteiger partial charge in [-0.15, -0.1) is 0 Å². The number of hydrogen-bond acceptors (Lipinski definition) is 1. The zero-order chi connectivity index (χ0) is 11.6. The first kappa shape index (κ1) is 9.17. The zero-order valence-corrected chi connectivity index (χ0v) is 9.99. The number of aromatic nitrogens is 1. The maximum atomic E-state index is 4.59. The van der Waals surface area contributed by atoms with Crippen molar-refractivity contribution in [3.63, 3.8) is 0 Å². The van der Waals surface area contributed by atoms with Crippen molar-refractivity contribution in [1.29, 1.82) is 0 Å². The molecule has 1 heterocycles. The molecule has 0 aliphatic heterocycles. The second-order valence-corrected chi connectivity index (χ2v) is 5.23. The molecule has 0 fully saturated rings. The molecule has 2 aliphatic rings. The third kappa shape index (κ3) is 1.06. The fourth-order valence-electron chi connectivity index (χ4n) is 2.80. The van der Waals surface area contributed by atoms with Crippen LogP contribution in [0.2, 0.25) is 0 Å². The van der Waals surface area contributed by atoms with E-state index in [0.29, 0.717) is 0 Å². The van der Waals surface area contributed by atoms with E-state index in [1.807, 2.05) is 6.20 Å². The van der Waals surface area contributed by atoms with Crippen molar-refractivity contribution >= 4 is 22.6 Å². The first-order chi connectivity index (χ1) is 8.19. The van der Waals surface area contributed by atoms with Gasteiger partial charge in [-0.2, -0.15) is 0 Å². The van der Waals surface area contributed by atoms with E-state index < -0.39 is 0 Å². The number of allylic oxidation sites excluding steroid dienone is 3. The van der Waals surface area contributed by atoms with Gasteiger partial charge in [-0.3, -0.25) is 4.98 Å². The molecule has 82 valence electrons. The number of rotatable bonds is 0. The Morgan fingerprint density at radius 2 is 2.06 bits per heavy atom. The van der Waals surface area contributed by atoms with Crippen LogP contribution in [0, 0.1) is 12.3 Å². The minimum atomic E-state index is 0.201. The van der Waals surface area contributed by atoms with Crippen LogP contribution in [-0.2, 0) is 0 Å². The largest absolute Gasteiger partial charge is 0.256 e. The number of nitrogens with zero attached hydrogens (tertiary/aromatic N) is 1. The van der Waals surface area contributed by atoms with Crippen molar-refractivity contribution < 1.29 is 0 Å². The molecule has 1 aromatic heterocycles. The molecule has 1 atom stereocenters. The summed E-state index contributed by atoms with van der Waals surface area (Å²) in [7, 11) is 0. The second kappa shape index (κ2) is 2.67. The number of benzene rings is 1. The van der Waals surface area contributed by atoms with Crippen LogP contribution in [0.25, 0.3) is 22.6 Å². The van der Waals surface area contributed by atoms with E-state index in [1.54, 1.807) is 0 Å². The van der Waals surface area contributed by atoms with Crippen LogP contribution in [0.5, 0.6) is 0 Å². The molecular formula is C16H13N. The van der Waals surface area contributed by atoms with Crippen molar-refractivity contribution in [2.75, 3.05) is 0 Å². The molecule has 0 saturated heterocycles. The maximum absolute atomic E-state index is 4.59. The summed E-state index contributed by atoms with van der Waals surface area (Å²) in [4.78, 5) is 4.59. The molecule has 4 rings (SSSR count). The maximum Gasteiger partial charge on any atom is 0.0786 e. The van der Waals surface area contributed by atoms with Crippen LogP contribution in [0.15, 0.2) is 36.5 Å². The Morgan fingerprint density at radius 1 is 1.18 bits per heavy atom. The van der Waals surface area contributed by atoms with E-state index >= 15 is 0 Å². The summed E-state index contributed by atoms with van der Waals surface area (Å²) in [6, 6.07) is 6.47. The molecule has 0 spiro atoms. The fourth-order valence-corrected chi connectivity index (χ4v) is 2.80. The SMILES string of the molecule is Cc1ccnc2c3c(ccc12)C=CC1(C)C=C31. The Balaban J connectivity index is 2.15. The Kier molecular flexibility index (Phi) is 1.44. The molecule has 1 aromatic carbocycles. The molecule has 0 N–H and O–H groups in total. The predicted octanol–water partition coefficient (Wildman–Crippen LogP) is 3.97. The van der Waals surface area contributed by atoms with Gasteiger partial charge in [0.05, 0.1) is 5.52 Å². The van der Waals surface area contributed by atoms with Gasteiger partial charge in [0.2, 0.25) is 0 Å². The molecule has 0 bridgehead atoms. The summed E-state index contributed by atoms with van der Waals surface area (Å²) in [6.07, 6.45) is 8.76. The van der Waals surface area contributed by atoms with Crippen molar-refractivity contribution in [2.45, 2.75) is 13.8 Å². The fraction of sp³-hybridized carbons (Fsp3) is 0.188. The number of hydrogen-bond donors (Lipinski definition) is 0. The minimum Gasteiger partial charge on any atom is -0.256 e. The topological polar surface area (TPSA) is 12.9 Å². The average molecular weight is 219 g/mol. The highest BCUT2D eigenvalue weighted by atomic mass is 14.7. The Bertz CT molecular complexity index is 722. The molecule has 1 unspecified atom stereocenters. The van der Waals surface area contributed by atoms with E-state index in [1.165, 1.54) is 27.6 Å². The Morgan fingerprint density at radius 3 is 2.94 bits per heavy atom. The Hall–Kier alpha value is -1.89. The highest BCUT2D eigenvalue weighted by Crippen LogP contribution is 2.56. The van der Waals surface area contributed by atoms with Gasteiger partial charge in [0.25, 0.3) is 0 Å². The lowest BCUT2D eigenvalue weighted by Gasteiger charge is -2.17. The third-order valence-corrected chi connectivity index (χ3v) is 3.98. The van der Waals surface area contributed by atoms with Gasteiger partial charge < -0.3 is 0 Å². The lowest BCUT2D eigenvalue weighted by Crippen LogP contribution is -2.01. The lowest BCUT2D eigenvalue weighted by atomic mass is 9.87. The molecule has 0 amide bonds. The van der Waals surface area contributed by atoms with E-state index in [4.69, 9.17) is 0 Å². The molecule has 0 radical (unpaired) electrons. The van der Waals surface area contributed by atoms with Crippen LogP contribution in [0.3, 0.4) is 0 Å². The number of pyridine rings is 1. The normalized spacial score (nSPS) is 24.2. The van der Waals surface area contributed by atoms with Crippen LogP contribution < -0.4 is 0 Å². The van der Waals surface area contributed by atoms with Gasteiger partial charge >= 0.3 is 0 Å². The first-order valence-electron chi connectivity index (χ1n) is 6.00. The summed E-state index contributed by atoms with van der Waals surface area (Å²) in [5.41, 5.74) is 6.75. The standard InChI is InChI=1S/C16H13N/c1-10-6-8-17-15-12(10)4-3-11-5-7-16(2)9-13(16)14(11)15/h3-9H,1-2H3. The van der Waals surface area contributed by atoms with Crippen molar-refractivity contribution in [2.24, 2.45) is 5.41 Å². The summed E-state index contributed by atoms with van der Waals surface area (Å²) in [6.45, 7) is 4.41. The quantitative estimate of drug-likeness (QED) is 0.653. The Labute approximate surface area is 100 Å². The molecule has 1 nitrogen and oxygen atoms in total. The monoisotopic (exact) mass is 219 g/mol. The van der Waals surface area contributed by atoms with Gasteiger partial charge in [0.1, 0.15) is 0 Å². The van der Waals surface area contributed by atoms with Crippen LogP contribution in [0.1, 0.15) is 23.6 Å². The minimum absolute atomic E-state index is 0.201. The van der Waals surface area contributed by atoms with E-state index in [-0.39, 0.29) is 5.41 Å². The van der Waals surface area contributed by atoms with Crippen LogP contribution >= 0.6 is 0 Å². The van der Waals surface area contributed by atoms with Gasteiger partial charge in [0.15, 0.2) is 0 Å². The summed E-state index contributed by atoms with van der Waals surface area (Å²) < 4.78 is 0. The molecule has 2 aliphatic carbocycles. The molecule has 1 heteroatoms. The molecule has 0 saturated carbocycles. The van der Waals surface area contributed by atoms with Crippen LogP contribution in [0.4, 0.5) is 0 Å². The van der Waals surface area contributed by atoms with Crippen molar-refractivity contribution in [3.05, 3.63) is 53.2 Å². The predicted molar refractivity (Wildman–Crippen MR) is 71.6 cm³/mol. The first-order valence-corrected chi connectivity index (χ1v) is 6.00.